The van der Waals surface area contributed by atoms with E-state index in [2.05, 4.69) is 136 Å². The first kappa shape index (κ1) is 33.8. The molecule has 9 aromatic rings. The molecule has 1 aliphatic carbocycles. The molecular formula is C50H36N4OS. The van der Waals surface area contributed by atoms with Crippen LogP contribution in [-0.2, 0) is 5.41 Å². The van der Waals surface area contributed by atoms with Crippen LogP contribution in [-0.4, -0.2) is 19.9 Å². The van der Waals surface area contributed by atoms with Gasteiger partial charge in [-0.05, 0) is 76.7 Å². The summed E-state index contributed by atoms with van der Waals surface area (Å²) < 4.78 is 7.65. The fraction of sp³-hybridized carbons (Fsp3) is 0.0800. The highest BCUT2D eigenvalue weighted by Gasteiger charge is 2.36. The van der Waals surface area contributed by atoms with Gasteiger partial charge in [0, 0.05) is 33.1 Å². The Hall–Kier alpha value is -6.76. The average Bonchev–Trinajstić information content (AvgIpc) is 3.90. The number of benzene rings is 6. The Morgan fingerprint density at radius 1 is 0.589 bits per heavy atom. The van der Waals surface area contributed by atoms with E-state index in [1.54, 1.807) is 17.4 Å². The quantitative estimate of drug-likeness (QED) is 0.163. The van der Waals surface area contributed by atoms with Crippen molar-refractivity contribution >= 4 is 44.7 Å². The summed E-state index contributed by atoms with van der Waals surface area (Å²) in [6.45, 7) is 10.6. The van der Waals surface area contributed by atoms with Crippen LogP contribution in [0.2, 0.25) is 0 Å². The molecule has 0 N–H and O–H groups in total. The third-order valence-electron chi connectivity index (χ3n) is 10.9. The number of rotatable bonds is 7. The summed E-state index contributed by atoms with van der Waals surface area (Å²) >= 11 is 1.75. The molecule has 0 saturated heterocycles. The van der Waals surface area contributed by atoms with Crippen LogP contribution in [0, 0.1) is 0 Å². The Balaban J connectivity index is 1.13. The lowest BCUT2D eigenvalue weighted by atomic mass is 9.82. The highest BCUT2D eigenvalue weighted by molar-refractivity contribution is 7.21. The van der Waals surface area contributed by atoms with Gasteiger partial charge in [-0.15, -0.1) is 11.3 Å². The third kappa shape index (κ3) is 5.52. The van der Waals surface area contributed by atoms with Gasteiger partial charge >= 0.3 is 0 Å². The molecule has 0 aliphatic heterocycles. The van der Waals surface area contributed by atoms with Gasteiger partial charge in [0.2, 0.25) is 0 Å². The molecule has 0 fully saturated rings. The van der Waals surface area contributed by atoms with E-state index in [-0.39, 0.29) is 5.41 Å². The van der Waals surface area contributed by atoms with Crippen LogP contribution in [0.3, 0.4) is 0 Å². The van der Waals surface area contributed by atoms with Crippen molar-refractivity contribution in [3.63, 3.8) is 0 Å². The minimum absolute atomic E-state index is 0.251. The normalized spacial score (nSPS) is 13.1. The monoisotopic (exact) mass is 740 g/mol. The molecule has 268 valence electrons. The second-order valence-electron chi connectivity index (χ2n) is 14.7. The summed E-state index contributed by atoms with van der Waals surface area (Å²) in [7, 11) is 0. The van der Waals surface area contributed by atoms with Crippen LogP contribution >= 0.6 is 11.3 Å². The number of hydrogen-bond donors (Lipinski definition) is 0. The summed E-state index contributed by atoms with van der Waals surface area (Å²) in [5, 5.41) is 2.02. The zero-order valence-corrected chi connectivity index (χ0v) is 32.1. The molecule has 10 rings (SSSR count). The summed E-state index contributed by atoms with van der Waals surface area (Å²) in [4.78, 5) is 20.6. The number of nitrogens with zero attached hydrogens (tertiary/aromatic N) is 4. The van der Waals surface area contributed by atoms with E-state index >= 15 is 0 Å². The van der Waals surface area contributed by atoms with E-state index in [1.165, 1.54) is 27.0 Å². The van der Waals surface area contributed by atoms with Crippen molar-refractivity contribution in [2.45, 2.75) is 26.2 Å². The first-order chi connectivity index (χ1) is 27.4. The maximum Gasteiger partial charge on any atom is 0.167 e. The molecule has 3 heterocycles. The van der Waals surface area contributed by atoms with Crippen LogP contribution < -0.4 is 0 Å². The van der Waals surface area contributed by atoms with Gasteiger partial charge in [0.1, 0.15) is 16.4 Å². The number of fused-ring (bicyclic) bond motifs is 5. The highest BCUT2D eigenvalue weighted by atomic mass is 32.1. The van der Waals surface area contributed by atoms with Gasteiger partial charge in [-0.25, -0.2) is 19.9 Å². The Bertz CT molecular complexity index is 3030. The van der Waals surface area contributed by atoms with Gasteiger partial charge in [0.15, 0.2) is 17.5 Å². The molecule has 56 heavy (non-hydrogen) atoms. The molecule has 3 aromatic heterocycles. The second kappa shape index (κ2) is 13.2. The summed E-state index contributed by atoms with van der Waals surface area (Å²) in [5.41, 5.74) is 13.4. The summed E-state index contributed by atoms with van der Waals surface area (Å²) in [6.07, 6.45) is 5.82. The SMILES string of the molecule is C=Cc1oc2c(-c3nc(-c4cccc(-c5ccccc5)c4)nc(-c4ccc5c(c4)C(C)(C)c4cc6sc(-c7ccccc7)nc6cc4-5)n3)cccc2c1/C=C\C. The largest absolute Gasteiger partial charge is 0.455 e. The third-order valence-corrected chi connectivity index (χ3v) is 11.9. The fourth-order valence-corrected chi connectivity index (χ4v) is 9.04. The lowest BCUT2D eigenvalue weighted by Gasteiger charge is -2.22. The number of aromatic nitrogens is 4. The topological polar surface area (TPSA) is 64.7 Å². The molecule has 5 nitrogen and oxygen atoms in total. The van der Waals surface area contributed by atoms with Crippen molar-refractivity contribution in [2.24, 2.45) is 0 Å². The van der Waals surface area contributed by atoms with E-state index in [9.17, 15) is 0 Å². The van der Waals surface area contributed by atoms with E-state index in [0.717, 1.165) is 54.9 Å². The van der Waals surface area contributed by atoms with E-state index in [0.29, 0.717) is 28.8 Å². The van der Waals surface area contributed by atoms with Gasteiger partial charge in [-0.1, -0.05) is 136 Å². The van der Waals surface area contributed by atoms with Crippen molar-refractivity contribution in [3.8, 4) is 67.0 Å². The van der Waals surface area contributed by atoms with Gasteiger partial charge in [0.05, 0.1) is 15.8 Å². The Labute approximate surface area is 329 Å². The van der Waals surface area contributed by atoms with Gasteiger partial charge in [0.25, 0.3) is 0 Å². The Morgan fingerprint density at radius 3 is 2.00 bits per heavy atom. The summed E-state index contributed by atoms with van der Waals surface area (Å²) in [5.74, 6) is 2.44. The highest BCUT2D eigenvalue weighted by Crippen LogP contribution is 2.51. The van der Waals surface area contributed by atoms with Gasteiger partial charge in [-0.2, -0.15) is 0 Å². The van der Waals surface area contributed by atoms with Crippen molar-refractivity contribution in [3.05, 3.63) is 169 Å². The van der Waals surface area contributed by atoms with Crippen molar-refractivity contribution in [1.29, 1.82) is 0 Å². The Morgan fingerprint density at radius 2 is 1.25 bits per heavy atom. The number of allylic oxidation sites excluding steroid dienone is 1. The zero-order valence-electron chi connectivity index (χ0n) is 31.2. The minimum Gasteiger partial charge on any atom is -0.455 e. The second-order valence-corrected chi connectivity index (χ2v) is 15.7. The molecule has 0 saturated carbocycles. The molecule has 0 radical (unpaired) electrons. The number of para-hydroxylation sites is 1. The maximum atomic E-state index is 6.46. The number of hydrogen-bond acceptors (Lipinski definition) is 6. The first-order valence-corrected chi connectivity index (χ1v) is 19.6. The molecule has 0 spiro atoms. The van der Waals surface area contributed by atoms with E-state index < -0.39 is 0 Å². The Kier molecular flexibility index (Phi) is 7.98. The van der Waals surface area contributed by atoms with E-state index in [4.69, 9.17) is 24.4 Å². The lowest BCUT2D eigenvalue weighted by molar-refractivity contribution is 0.604. The lowest BCUT2D eigenvalue weighted by Crippen LogP contribution is -2.15. The van der Waals surface area contributed by atoms with Crippen molar-refractivity contribution < 1.29 is 4.42 Å². The molecule has 1 aliphatic rings. The number of thiazole rings is 1. The van der Waals surface area contributed by atoms with E-state index in [1.807, 2.05) is 37.3 Å². The van der Waals surface area contributed by atoms with Gasteiger partial charge < -0.3 is 4.42 Å². The fourth-order valence-electron chi connectivity index (χ4n) is 8.04. The molecular weight excluding hydrogens is 705 g/mol. The minimum atomic E-state index is -0.251. The molecule has 0 unspecified atom stereocenters. The van der Waals surface area contributed by atoms with Crippen molar-refractivity contribution in [2.75, 3.05) is 0 Å². The molecule has 0 bridgehead atoms. The predicted octanol–water partition coefficient (Wildman–Crippen LogP) is 13.5. The number of furan rings is 1. The van der Waals surface area contributed by atoms with Crippen molar-refractivity contribution in [1.82, 2.24) is 19.9 Å². The van der Waals surface area contributed by atoms with Crippen LogP contribution in [0.5, 0.6) is 0 Å². The maximum absolute atomic E-state index is 6.46. The average molecular weight is 741 g/mol. The van der Waals surface area contributed by atoms with Crippen LogP contribution in [0.25, 0.3) is 100 Å². The molecule has 6 aromatic carbocycles. The molecule has 0 amide bonds. The predicted molar refractivity (Wildman–Crippen MR) is 232 cm³/mol. The smallest absolute Gasteiger partial charge is 0.167 e. The summed E-state index contributed by atoms with van der Waals surface area (Å²) in [6, 6.07) is 46.6. The first-order valence-electron chi connectivity index (χ1n) is 18.8. The molecule has 0 atom stereocenters. The molecule has 6 heteroatoms. The van der Waals surface area contributed by atoms with Gasteiger partial charge in [-0.3, -0.25) is 0 Å². The van der Waals surface area contributed by atoms with Crippen LogP contribution in [0.15, 0.2) is 151 Å². The van der Waals surface area contributed by atoms with Crippen LogP contribution in [0.4, 0.5) is 0 Å². The standard InChI is InChI=1S/C50H36N4OS/c1-5-15-36-37-22-14-23-38(45(37)55-43(36)6-2)48-53-46(33-21-13-20-32(26-33)30-16-9-7-10-17-30)52-47(54-48)34-24-25-35-39-28-42-44(29-41(39)50(3,4)40(35)27-34)56-49(51-42)31-18-11-8-12-19-31/h5-29H,2H2,1,3-4H3/b15-5-. The zero-order chi connectivity index (χ0) is 38.0. The van der Waals surface area contributed by atoms with Crippen LogP contribution in [0.1, 0.15) is 43.2 Å².